The molecule has 1 aromatic rings. The van der Waals surface area contributed by atoms with E-state index in [1.807, 2.05) is 25.1 Å². The van der Waals surface area contributed by atoms with Gasteiger partial charge in [0.1, 0.15) is 5.75 Å². The van der Waals surface area contributed by atoms with Crippen molar-refractivity contribution in [2.45, 2.75) is 13.3 Å². The van der Waals surface area contributed by atoms with E-state index in [1.165, 1.54) is 11.8 Å². The summed E-state index contributed by atoms with van der Waals surface area (Å²) in [4.78, 5) is 4.30. The third-order valence-electron chi connectivity index (χ3n) is 2.22. The molecule has 0 saturated heterocycles. The Labute approximate surface area is 131 Å². The predicted molar refractivity (Wildman–Crippen MR) is 89.7 cm³/mol. The third kappa shape index (κ3) is 6.92. The van der Waals surface area contributed by atoms with Crippen molar-refractivity contribution in [3.8, 4) is 5.75 Å². The van der Waals surface area contributed by atoms with Gasteiger partial charge < -0.3 is 16.2 Å². The molecule has 1 rings (SSSR count). The quantitative estimate of drug-likeness (QED) is 0.644. The molecular weight excluding hydrogens is 305 g/mol. The van der Waals surface area contributed by atoms with Gasteiger partial charge in [0.15, 0.2) is 5.17 Å². The van der Waals surface area contributed by atoms with Crippen molar-refractivity contribution in [2.24, 2.45) is 16.5 Å². The highest BCUT2D eigenvalue weighted by molar-refractivity contribution is 8.13. The number of aliphatic imine (C=N–C) groups is 1. The van der Waals surface area contributed by atoms with E-state index in [1.54, 1.807) is 7.11 Å². The van der Waals surface area contributed by atoms with Crippen LogP contribution in [0.25, 0.3) is 0 Å². The van der Waals surface area contributed by atoms with Crippen LogP contribution < -0.4 is 16.2 Å². The average molecular weight is 326 g/mol. The van der Waals surface area contributed by atoms with E-state index in [-0.39, 0.29) is 24.8 Å². The Hall–Kier alpha value is -0.620. The molecule has 1 aromatic carbocycles. The molecule has 0 bridgehead atoms. The van der Waals surface area contributed by atoms with Crippen LogP contribution in [0.15, 0.2) is 23.2 Å². The second-order valence-electron chi connectivity index (χ2n) is 3.42. The van der Waals surface area contributed by atoms with Crippen LogP contribution in [0.5, 0.6) is 5.75 Å². The number of benzene rings is 1. The maximum Gasteiger partial charge on any atom is 0.159 e. The molecule has 0 saturated carbocycles. The normalized spacial score (nSPS) is 10.4. The number of hydrogen-bond donors (Lipinski definition) is 2. The Morgan fingerprint density at radius 2 is 2.05 bits per heavy atom. The summed E-state index contributed by atoms with van der Waals surface area (Å²) in [5.41, 5.74) is 13.2. The number of hydrogen-bond acceptors (Lipinski definition) is 4. The minimum atomic E-state index is 0. The Bertz CT molecular complexity index is 403. The van der Waals surface area contributed by atoms with Gasteiger partial charge in [-0.25, -0.2) is 4.99 Å². The van der Waals surface area contributed by atoms with Crippen molar-refractivity contribution in [1.29, 1.82) is 0 Å². The van der Waals surface area contributed by atoms with Gasteiger partial charge in [-0.2, -0.15) is 0 Å². The minimum Gasteiger partial charge on any atom is -0.496 e. The van der Waals surface area contributed by atoms with Crippen molar-refractivity contribution in [3.63, 3.8) is 0 Å². The molecule has 0 unspecified atom stereocenters. The van der Waals surface area contributed by atoms with Crippen molar-refractivity contribution in [3.05, 3.63) is 23.8 Å². The molecule has 0 spiro atoms. The second kappa shape index (κ2) is 11.2. The first-order chi connectivity index (χ1) is 8.21. The highest BCUT2D eigenvalue weighted by atomic mass is 35.5. The fourth-order valence-corrected chi connectivity index (χ4v) is 1.94. The largest absolute Gasteiger partial charge is 0.496 e. The average Bonchev–Trinajstić information content (AvgIpc) is 2.31. The third-order valence-corrected chi connectivity index (χ3v) is 2.89. The van der Waals surface area contributed by atoms with E-state index < -0.39 is 0 Å². The summed E-state index contributed by atoms with van der Waals surface area (Å²) in [6, 6.07) is 5.79. The van der Waals surface area contributed by atoms with Gasteiger partial charge in [0, 0.05) is 6.07 Å². The summed E-state index contributed by atoms with van der Waals surface area (Å²) < 4.78 is 5.31. The standard InChI is InChI=1S/C12H19N3OS.2ClH/c1-3-17-12(14)15-10-5-4-9(6-7-13)11(8-10)16-2;;/h4-5,8H,3,6-7,13H2,1-2H3,(H2,14,15);2*1H. The predicted octanol–water partition coefficient (Wildman–Crippen LogP) is 2.74. The van der Waals surface area contributed by atoms with E-state index in [0.717, 1.165) is 29.2 Å². The van der Waals surface area contributed by atoms with Crippen LogP contribution in [-0.4, -0.2) is 24.6 Å². The Kier molecular flexibility index (Phi) is 12.2. The van der Waals surface area contributed by atoms with Crippen LogP contribution in [0.3, 0.4) is 0 Å². The number of ether oxygens (including phenoxy) is 1. The Morgan fingerprint density at radius 1 is 1.37 bits per heavy atom. The minimum absolute atomic E-state index is 0. The van der Waals surface area contributed by atoms with Crippen LogP contribution >= 0.6 is 36.6 Å². The molecule has 19 heavy (non-hydrogen) atoms. The first-order valence-corrected chi connectivity index (χ1v) is 6.53. The summed E-state index contributed by atoms with van der Waals surface area (Å²) in [6.45, 7) is 2.64. The van der Waals surface area contributed by atoms with Crippen LogP contribution in [0, 0.1) is 0 Å². The van der Waals surface area contributed by atoms with Crippen molar-refractivity contribution in [1.82, 2.24) is 0 Å². The fourth-order valence-electron chi connectivity index (χ4n) is 1.47. The van der Waals surface area contributed by atoms with Gasteiger partial charge in [-0.05, 0) is 30.3 Å². The number of nitrogens with two attached hydrogens (primary N) is 2. The van der Waals surface area contributed by atoms with E-state index >= 15 is 0 Å². The molecule has 7 heteroatoms. The van der Waals surface area contributed by atoms with Gasteiger partial charge in [0.25, 0.3) is 0 Å². The number of methoxy groups -OCH3 is 1. The van der Waals surface area contributed by atoms with Crippen molar-refractivity contribution < 1.29 is 4.74 Å². The van der Waals surface area contributed by atoms with Crippen LogP contribution in [-0.2, 0) is 6.42 Å². The lowest BCUT2D eigenvalue weighted by molar-refractivity contribution is 0.410. The van der Waals surface area contributed by atoms with Gasteiger partial charge in [0.2, 0.25) is 0 Å². The number of rotatable bonds is 5. The van der Waals surface area contributed by atoms with Gasteiger partial charge in [-0.3, -0.25) is 0 Å². The molecule has 110 valence electrons. The lowest BCUT2D eigenvalue weighted by Gasteiger charge is -2.08. The Balaban J connectivity index is 0. The van der Waals surface area contributed by atoms with E-state index in [4.69, 9.17) is 16.2 Å². The maximum absolute atomic E-state index is 5.76. The molecule has 0 aliphatic carbocycles. The molecule has 0 atom stereocenters. The molecular formula is C12H21Cl2N3OS. The zero-order valence-electron chi connectivity index (χ0n) is 11.1. The van der Waals surface area contributed by atoms with E-state index in [0.29, 0.717) is 11.7 Å². The summed E-state index contributed by atoms with van der Waals surface area (Å²) in [5.74, 6) is 1.73. The highest BCUT2D eigenvalue weighted by Gasteiger charge is 2.03. The SMILES string of the molecule is CCSC(N)=Nc1ccc(CCN)c(OC)c1.Cl.Cl. The smallest absolute Gasteiger partial charge is 0.159 e. The highest BCUT2D eigenvalue weighted by Crippen LogP contribution is 2.25. The molecule has 0 aliphatic rings. The first-order valence-electron chi connectivity index (χ1n) is 5.55. The summed E-state index contributed by atoms with van der Waals surface area (Å²) >= 11 is 1.52. The van der Waals surface area contributed by atoms with Gasteiger partial charge in [0.05, 0.1) is 12.8 Å². The first kappa shape index (κ1) is 20.7. The van der Waals surface area contributed by atoms with Crippen molar-refractivity contribution >= 4 is 47.4 Å². The van der Waals surface area contributed by atoms with Gasteiger partial charge >= 0.3 is 0 Å². The topological polar surface area (TPSA) is 73.6 Å². The second-order valence-corrected chi connectivity index (χ2v) is 4.70. The summed E-state index contributed by atoms with van der Waals surface area (Å²) in [7, 11) is 1.65. The van der Waals surface area contributed by atoms with Gasteiger partial charge in [-0.15, -0.1) is 24.8 Å². The van der Waals surface area contributed by atoms with Crippen LogP contribution in [0.4, 0.5) is 5.69 Å². The summed E-state index contributed by atoms with van der Waals surface area (Å²) in [5, 5.41) is 0.570. The molecule has 0 amide bonds. The molecule has 4 N–H and O–H groups in total. The Morgan fingerprint density at radius 3 is 2.58 bits per heavy atom. The van der Waals surface area contributed by atoms with E-state index in [2.05, 4.69) is 4.99 Å². The molecule has 0 aromatic heterocycles. The van der Waals surface area contributed by atoms with Crippen LogP contribution in [0.1, 0.15) is 12.5 Å². The van der Waals surface area contributed by atoms with Crippen LogP contribution in [0.2, 0.25) is 0 Å². The number of nitrogens with zero attached hydrogens (tertiary/aromatic N) is 1. The lowest BCUT2D eigenvalue weighted by atomic mass is 10.1. The molecule has 4 nitrogen and oxygen atoms in total. The number of thioether (sulfide) groups is 1. The zero-order chi connectivity index (χ0) is 12.7. The molecule has 0 heterocycles. The molecule has 0 radical (unpaired) electrons. The number of amidine groups is 1. The lowest BCUT2D eigenvalue weighted by Crippen LogP contribution is -2.06. The molecule has 0 fully saturated rings. The maximum atomic E-state index is 5.76. The molecule has 0 aliphatic heterocycles. The zero-order valence-corrected chi connectivity index (χ0v) is 13.5. The number of halogens is 2. The fraction of sp³-hybridized carbons (Fsp3) is 0.417. The van der Waals surface area contributed by atoms with Crippen molar-refractivity contribution in [2.75, 3.05) is 19.4 Å². The van der Waals surface area contributed by atoms with Gasteiger partial charge in [-0.1, -0.05) is 24.8 Å². The van der Waals surface area contributed by atoms with E-state index in [9.17, 15) is 0 Å². The summed E-state index contributed by atoms with van der Waals surface area (Å²) in [6.07, 6.45) is 0.798. The monoisotopic (exact) mass is 325 g/mol.